The number of nitrogens with zero attached hydrogens (tertiary/aromatic N) is 2. The number of imidazole rings is 1. The van der Waals surface area contributed by atoms with Gasteiger partial charge in [-0.15, -0.1) is 11.6 Å². The second kappa shape index (κ2) is 6.75. The fourth-order valence-corrected chi connectivity index (χ4v) is 2.50. The van der Waals surface area contributed by atoms with Crippen molar-refractivity contribution < 1.29 is 9.18 Å². The maximum Gasteiger partial charge on any atom is 0.240 e. The van der Waals surface area contributed by atoms with Gasteiger partial charge in [0, 0.05) is 12.6 Å². The van der Waals surface area contributed by atoms with Gasteiger partial charge in [0.15, 0.2) is 0 Å². The van der Waals surface area contributed by atoms with E-state index in [4.69, 9.17) is 11.6 Å². The lowest BCUT2D eigenvalue weighted by Crippen LogP contribution is -2.31. The zero-order valence-electron chi connectivity index (χ0n) is 11.8. The van der Waals surface area contributed by atoms with Crippen LogP contribution in [0.15, 0.2) is 16.6 Å². The molecule has 0 atom stereocenters. The third-order valence-corrected chi connectivity index (χ3v) is 3.84. The van der Waals surface area contributed by atoms with E-state index in [1.54, 1.807) is 10.6 Å². The number of hydrogen-bond acceptors (Lipinski definition) is 2. The van der Waals surface area contributed by atoms with E-state index in [0.29, 0.717) is 33.8 Å². The number of rotatable bonds is 5. The van der Waals surface area contributed by atoms with E-state index in [1.165, 1.54) is 6.07 Å². The van der Waals surface area contributed by atoms with Gasteiger partial charge in [-0.1, -0.05) is 13.8 Å². The molecule has 0 saturated carbocycles. The Morgan fingerprint density at radius 3 is 2.86 bits per heavy atom. The Morgan fingerprint density at radius 2 is 2.24 bits per heavy atom. The summed E-state index contributed by atoms with van der Waals surface area (Å²) >= 11 is 9.02. The average Bonchev–Trinajstić information content (AvgIpc) is 2.74. The molecular weight excluding hydrogens is 361 g/mol. The summed E-state index contributed by atoms with van der Waals surface area (Å²) in [4.78, 5) is 16.3. The topological polar surface area (TPSA) is 46.9 Å². The molecule has 2 aromatic rings. The van der Waals surface area contributed by atoms with E-state index in [-0.39, 0.29) is 18.3 Å². The molecule has 21 heavy (non-hydrogen) atoms. The summed E-state index contributed by atoms with van der Waals surface area (Å²) in [5, 5.41) is 2.85. The van der Waals surface area contributed by atoms with Crippen molar-refractivity contribution in [3.05, 3.63) is 28.2 Å². The lowest BCUT2D eigenvalue weighted by Gasteiger charge is -2.10. The van der Waals surface area contributed by atoms with Crippen molar-refractivity contribution in [3.63, 3.8) is 0 Å². The molecule has 7 heteroatoms. The first-order valence-corrected chi connectivity index (χ1v) is 7.92. The summed E-state index contributed by atoms with van der Waals surface area (Å²) in [5.41, 5.74) is 1.17. The molecule has 0 aliphatic rings. The van der Waals surface area contributed by atoms with Crippen molar-refractivity contribution in [3.8, 4) is 0 Å². The number of hydrogen-bond donors (Lipinski definition) is 1. The highest BCUT2D eigenvalue weighted by molar-refractivity contribution is 9.10. The van der Waals surface area contributed by atoms with Crippen LogP contribution in [0.1, 0.15) is 19.7 Å². The number of benzene rings is 1. The largest absolute Gasteiger partial charge is 0.354 e. The fraction of sp³-hybridized carbons (Fsp3) is 0.429. The van der Waals surface area contributed by atoms with Crippen LogP contribution in [0, 0.1) is 11.7 Å². The van der Waals surface area contributed by atoms with Crippen LogP contribution >= 0.6 is 27.5 Å². The average molecular weight is 377 g/mol. The minimum atomic E-state index is -0.391. The Morgan fingerprint density at radius 1 is 1.52 bits per heavy atom. The van der Waals surface area contributed by atoms with Gasteiger partial charge in [0.05, 0.1) is 21.4 Å². The molecule has 1 heterocycles. The SMILES string of the molecule is CC(C)CNC(=O)Cn1c(CCl)nc2cc(F)c(Br)cc21. The van der Waals surface area contributed by atoms with Crippen LogP contribution in [0.5, 0.6) is 0 Å². The van der Waals surface area contributed by atoms with Crippen LogP contribution in [0.2, 0.25) is 0 Å². The van der Waals surface area contributed by atoms with E-state index < -0.39 is 5.82 Å². The van der Waals surface area contributed by atoms with Crippen LogP contribution in [-0.2, 0) is 17.2 Å². The normalized spacial score (nSPS) is 11.3. The van der Waals surface area contributed by atoms with E-state index >= 15 is 0 Å². The molecule has 4 nitrogen and oxygen atoms in total. The van der Waals surface area contributed by atoms with Gasteiger partial charge in [0.25, 0.3) is 0 Å². The van der Waals surface area contributed by atoms with Gasteiger partial charge in [-0.2, -0.15) is 0 Å². The van der Waals surface area contributed by atoms with Crippen molar-refractivity contribution in [2.24, 2.45) is 5.92 Å². The summed E-state index contributed by atoms with van der Waals surface area (Å²) in [5.74, 6) is 0.575. The maximum absolute atomic E-state index is 13.6. The first kappa shape index (κ1) is 16.2. The maximum atomic E-state index is 13.6. The van der Waals surface area contributed by atoms with E-state index in [2.05, 4.69) is 26.2 Å². The van der Waals surface area contributed by atoms with Crippen molar-refractivity contribution in [1.29, 1.82) is 0 Å². The van der Waals surface area contributed by atoms with Crippen molar-refractivity contribution in [2.75, 3.05) is 6.54 Å². The summed E-state index contributed by atoms with van der Waals surface area (Å²) in [6.07, 6.45) is 0. The number of amides is 1. The molecule has 0 unspecified atom stereocenters. The van der Waals surface area contributed by atoms with Gasteiger partial charge in [0.1, 0.15) is 18.2 Å². The standard InChI is InChI=1S/C14H16BrClFN3O/c1-8(2)6-18-14(21)7-20-12-3-9(15)10(17)4-11(12)19-13(20)5-16/h3-4,8H,5-7H2,1-2H3,(H,18,21). The Bertz CT molecular complexity index is 672. The van der Waals surface area contributed by atoms with Crippen LogP contribution in [0.25, 0.3) is 11.0 Å². The molecule has 1 N–H and O–H groups in total. The van der Waals surface area contributed by atoms with E-state index in [0.717, 1.165) is 0 Å². The second-order valence-corrected chi connectivity index (χ2v) is 6.32. The molecular formula is C14H16BrClFN3O. The first-order valence-electron chi connectivity index (χ1n) is 6.59. The molecule has 1 aromatic heterocycles. The third-order valence-electron chi connectivity index (χ3n) is 3.00. The van der Waals surface area contributed by atoms with E-state index in [1.807, 2.05) is 13.8 Å². The number of nitrogens with one attached hydrogen (secondary N) is 1. The number of fused-ring (bicyclic) bond motifs is 1. The van der Waals surface area contributed by atoms with Crippen molar-refractivity contribution >= 4 is 44.5 Å². The molecule has 114 valence electrons. The van der Waals surface area contributed by atoms with Gasteiger partial charge in [-0.05, 0) is 27.9 Å². The summed E-state index contributed by atoms with van der Waals surface area (Å²) in [7, 11) is 0. The summed E-state index contributed by atoms with van der Waals surface area (Å²) < 4.78 is 15.6. The molecule has 0 bridgehead atoms. The predicted molar refractivity (Wildman–Crippen MR) is 84.8 cm³/mol. The number of carbonyl (C=O) groups excluding carboxylic acids is 1. The highest BCUT2D eigenvalue weighted by Gasteiger charge is 2.15. The Labute approximate surface area is 135 Å². The molecule has 0 aliphatic carbocycles. The molecule has 1 amide bonds. The van der Waals surface area contributed by atoms with Crippen LogP contribution in [0.4, 0.5) is 4.39 Å². The second-order valence-electron chi connectivity index (χ2n) is 5.20. The number of alkyl halides is 1. The van der Waals surface area contributed by atoms with E-state index in [9.17, 15) is 9.18 Å². The van der Waals surface area contributed by atoms with Gasteiger partial charge >= 0.3 is 0 Å². The highest BCUT2D eigenvalue weighted by atomic mass is 79.9. The van der Waals surface area contributed by atoms with Gasteiger partial charge < -0.3 is 9.88 Å². The summed E-state index contributed by atoms with van der Waals surface area (Å²) in [6.45, 7) is 4.78. The smallest absolute Gasteiger partial charge is 0.240 e. The van der Waals surface area contributed by atoms with Crippen molar-refractivity contribution in [2.45, 2.75) is 26.3 Å². The monoisotopic (exact) mass is 375 g/mol. The predicted octanol–water partition coefficient (Wildman–Crippen LogP) is 3.45. The molecule has 0 radical (unpaired) electrons. The lowest BCUT2D eigenvalue weighted by molar-refractivity contribution is -0.121. The molecule has 0 aliphatic heterocycles. The van der Waals surface area contributed by atoms with Crippen LogP contribution in [-0.4, -0.2) is 22.0 Å². The van der Waals surface area contributed by atoms with Gasteiger partial charge in [-0.3, -0.25) is 4.79 Å². The van der Waals surface area contributed by atoms with Crippen LogP contribution in [0.3, 0.4) is 0 Å². The quantitative estimate of drug-likeness (QED) is 0.813. The molecule has 0 spiro atoms. The van der Waals surface area contributed by atoms with Gasteiger partial charge in [0.2, 0.25) is 5.91 Å². The Hall–Kier alpha value is -1.14. The first-order chi connectivity index (χ1) is 9.92. The zero-order chi connectivity index (χ0) is 15.6. The number of halogens is 3. The third kappa shape index (κ3) is 3.74. The molecule has 0 fully saturated rings. The Kier molecular flexibility index (Phi) is 5.22. The van der Waals surface area contributed by atoms with Gasteiger partial charge in [-0.25, -0.2) is 9.37 Å². The number of aromatic nitrogens is 2. The highest BCUT2D eigenvalue weighted by Crippen LogP contribution is 2.24. The fourth-order valence-electron chi connectivity index (χ4n) is 1.97. The molecule has 2 rings (SSSR count). The Balaban J connectivity index is 2.33. The molecule has 0 saturated heterocycles. The minimum Gasteiger partial charge on any atom is -0.354 e. The number of carbonyl (C=O) groups is 1. The van der Waals surface area contributed by atoms with Crippen LogP contribution < -0.4 is 5.32 Å². The lowest BCUT2D eigenvalue weighted by atomic mass is 10.2. The summed E-state index contributed by atoms with van der Waals surface area (Å²) in [6, 6.07) is 2.95. The van der Waals surface area contributed by atoms with Crippen molar-refractivity contribution in [1.82, 2.24) is 14.9 Å². The minimum absolute atomic E-state index is 0.114. The molecule has 1 aromatic carbocycles. The zero-order valence-corrected chi connectivity index (χ0v) is 14.1.